The number of aliphatic hydroxyl groups is 1. The highest BCUT2D eigenvalue weighted by Crippen LogP contribution is 2.47. The molecule has 5 rings (SSSR count). The smallest absolute Gasteiger partial charge is 0.0992 e. The Hall–Kier alpha value is -1.84. The lowest BCUT2D eigenvalue weighted by molar-refractivity contribution is 0.0810. The SMILES string of the molecule is O[C@H](c1c(C2CC2)ccn2cncc12)C1CCC(c2ccc(Cl)cc2)CC1. The predicted molar refractivity (Wildman–Crippen MR) is 108 cm³/mol. The van der Waals surface area contributed by atoms with E-state index < -0.39 is 6.10 Å². The maximum absolute atomic E-state index is 11.4. The molecule has 3 aromatic rings. The van der Waals surface area contributed by atoms with Crippen molar-refractivity contribution >= 4 is 17.1 Å². The number of fused-ring (bicyclic) bond motifs is 1. The number of aromatic nitrogens is 2. The number of halogens is 1. The van der Waals surface area contributed by atoms with E-state index in [0.717, 1.165) is 41.8 Å². The summed E-state index contributed by atoms with van der Waals surface area (Å²) in [5, 5.41) is 12.1. The quantitative estimate of drug-likeness (QED) is 0.614. The Labute approximate surface area is 165 Å². The molecule has 0 aliphatic heterocycles. The van der Waals surface area contributed by atoms with Crippen LogP contribution < -0.4 is 0 Å². The molecule has 1 atom stereocenters. The van der Waals surface area contributed by atoms with Gasteiger partial charge >= 0.3 is 0 Å². The van der Waals surface area contributed by atoms with Gasteiger partial charge in [0.05, 0.1) is 24.1 Å². The first-order valence-corrected chi connectivity index (χ1v) is 10.5. The fourth-order valence-electron chi connectivity index (χ4n) is 4.84. The van der Waals surface area contributed by atoms with E-state index in [4.69, 9.17) is 11.6 Å². The molecular formula is C23H25ClN2O. The predicted octanol–water partition coefficient (Wildman–Crippen LogP) is 5.87. The van der Waals surface area contributed by atoms with Gasteiger partial charge in [-0.25, -0.2) is 4.98 Å². The molecule has 2 saturated carbocycles. The molecule has 3 nitrogen and oxygen atoms in total. The highest BCUT2D eigenvalue weighted by atomic mass is 35.5. The first-order valence-electron chi connectivity index (χ1n) is 10.1. The van der Waals surface area contributed by atoms with Gasteiger partial charge in [-0.3, -0.25) is 0 Å². The molecule has 2 aromatic heterocycles. The van der Waals surface area contributed by atoms with E-state index in [2.05, 4.69) is 29.4 Å². The van der Waals surface area contributed by atoms with Gasteiger partial charge in [-0.2, -0.15) is 0 Å². The largest absolute Gasteiger partial charge is 0.388 e. The maximum Gasteiger partial charge on any atom is 0.0992 e. The van der Waals surface area contributed by atoms with Crippen LogP contribution in [0.25, 0.3) is 5.52 Å². The zero-order valence-corrected chi connectivity index (χ0v) is 16.1. The number of hydrogen-bond acceptors (Lipinski definition) is 2. The molecule has 0 saturated heterocycles. The average molecular weight is 381 g/mol. The topological polar surface area (TPSA) is 37.5 Å². The molecule has 0 radical (unpaired) electrons. The molecule has 27 heavy (non-hydrogen) atoms. The van der Waals surface area contributed by atoms with E-state index in [1.807, 2.05) is 29.1 Å². The molecule has 1 N–H and O–H groups in total. The lowest BCUT2D eigenvalue weighted by atomic mass is 9.75. The monoisotopic (exact) mass is 380 g/mol. The van der Waals surface area contributed by atoms with Gasteiger partial charge in [0.2, 0.25) is 0 Å². The molecule has 1 aromatic carbocycles. The van der Waals surface area contributed by atoms with Gasteiger partial charge in [0, 0.05) is 16.8 Å². The van der Waals surface area contributed by atoms with E-state index >= 15 is 0 Å². The minimum atomic E-state index is -0.396. The standard InChI is InChI=1S/C23H25ClN2O/c24-19-9-7-16(8-10-19)15-1-5-18(6-2-15)23(27)22-20(17-3-4-17)11-12-26-14-25-13-21(22)26/h7-15,17-18,23,27H,1-6H2/t15?,18?,23-/m0/s1. The van der Waals surface area contributed by atoms with Crippen LogP contribution in [0.15, 0.2) is 49.1 Å². The van der Waals surface area contributed by atoms with Gasteiger partial charge in [0.25, 0.3) is 0 Å². The van der Waals surface area contributed by atoms with Crippen LogP contribution in [0, 0.1) is 5.92 Å². The number of imidazole rings is 1. The summed E-state index contributed by atoms with van der Waals surface area (Å²) in [6.07, 6.45) is 12.3. The summed E-state index contributed by atoms with van der Waals surface area (Å²) < 4.78 is 2.05. The Balaban J connectivity index is 1.37. The zero-order valence-electron chi connectivity index (χ0n) is 15.4. The second-order valence-electron chi connectivity index (χ2n) is 8.25. The number of nitrogens with zero attached hydrogens (tertiary/aromatic N) is 2. The third kappa shape index (κ3) is 3.28. The normalized spacial score (nSPS) is 24.2. The van der Waals surface area contributed by atoms with Crippen molar-refractivity contribution in [1.29, 1.82) is 0 Å². The molecule has 2 heterocycles. The first kappa shape index (κ1) is 17.3. The molecule has 0 bridgehead atoms. The van der Waals surface area contributed by atoms with Crippen LogP contribution in [-0.4, -0.2) is 14.5 Å². The van der Waals surface area contributed by atoms with Crippen molar-refractivity contribution in [2.75, 3.05) is 0 Å². The highest BCUT2D eigenvalue weighted by molar-refractivity contribution is 6.30. The van der Waals surface area contributed by atoms with Crippen molar-refractivity contribution < 1.29 is 5.11 Å². The van der Waals surface area contributed by atoms with E-state index in [0.29, 0.717) is 17.8 Å². The first-order chi connectivity index (χ1) is 13.2. The Kier molecular flexibility index (Phi) is 4.45. The van der Waals surface area contributed by atoms with Gasteiger partial charge in [0.15, 0.2) is 0 Å². The summed E-state index contributed by atoms with van der Waals surface area (Å²) in [7, 11) is 0. The lowest BCUT2D eigenvalue weighted by Gasteiger charge is -2.33. The summed E-state index contributed by atoms with van der Waals surface area (Å²) in [4.78, 5) is 4.31. The van der Waals surface area contributed by atoms with Crippen LogP contribution >= 0.6 is 11.6 Å². The average Bonchev–Trinajstić information content (AvgIpc) is 3.44. The van der Waals surface area contributed by atoms with E-state index in [1.54, 1.807) is 0 Å². The van der Waals surface area contributed by atoms with E-state index in [9.17, 15) is 5.11 Å². The molecule has 4 heteroatoms. The zero-order chi connectivity index (χ0) is 18.4. The van der Waals surface area contributed by atoms with Crippen LogP contribution in [0.3, 0.4) is 0 Å². The van der Waals surface area contributed by atoms with Crippen molar-refractivity contribution in [1.82, 2.24) is 9.38 Å². The Bertz CT molecular complexity index is 937. The van der Waals surface area contributed by atoms with Crippen molar-refractivity contribution in [2.45, 2.75) is 56.5 Å². The van der Waals surface area contributed by atoms with Crippen molar-refractivity contribution in [3.05, 3.63) is 70.8 Å². The van der Waals surface area contributed by atoms with Crippen molar-refractivity contribution in [3.8, 4) is 0 Å². The molecule has 0 unspecified atom stereocenters. The summed E-state index contributed by atoms with van der Waals surface area (Å²) >= 11 is 6.03. The van der Waals surface area contributed by atoms with Gasteiger partial charge in [-0.15, -0.1) is 0 Å². The van der Waals surface area contributed by atoms with E-state index in [1.165, 1.54) is 24.0 Å². The van der Waals surface area contributed by atoms with Crippen LogP contribution in [0.1, 0.15) is 73.2 Å². The summed E-state index contributed by atoms with van der Waals surface area (Å²) in [6, 6.07) is 10.5. The van der Waals surface area contributed by atoms with Crippen LogP contribution in [0.2, 0.25) is 5.02 Å². The van der Waals surface area contributed by atoms with Gasteiger partial charge in [-0.1, -0.05) is 23.7 Å². The minimum Gasteiger partial charge on any atom is -0.388 e. The molecule has 2 aliphatic rings. The summed E-state index contributed by atoms with van der Waals surface area (Å²) in [6.45, 7) is 0. The molecule has 140 valence electrons. The second-order valence-corrected chi connectivity index (χ2v) is 8.69. The van der Waals surface area contributed by atoms with Crippen molar-refractivity contribution in [2.24, 2.45) is 5.92 Å². The Morgan fingerprint density at radius 2 is 1.67 bits per heavy atom. The maximum atomic E-state index is 11.4. The Morgan fingerprint density at radius 1 is 0.963 bits per heavy atom. The Morgan fingerprint density at radius 3 is 2.37 bits per heavy atom. The highest BCUT2D eigenvalue weighted by Gasteiger charge is 2.34. The second kappa shape index (κ2) is 6.96. The van der Waals surface area contributed by atoms with E-state index in [-0.39, 0.29) is 0 Å². The van der Waals surface area contributed by atoms with Crippen LogP contribution in [0.4, 0.5) is 0 Å². The number of pyridine rings is 1. The number of rotatable bonds is 4. The van der Waals surface area contributed by atoms with Crippen LogP contribution in [-0.2, 0) is 0 Å². The van der Waals surface area contributed by atoms with Gasteiger partial charge < -0.3 is 9.51 Å². The fourth-order valence-corrected chi connectivity index (χ4v) is 4.97. The lowest BCUT2D eigenvalue weighted by Crippen LogP contribution is -2.21. The molecule has 2 aliphatic carbocycles. The molecule has 0 spiro atoms. The number of aliphatic hydroxyl groups excluding tert-OH is 1. The van der Waals surface area contributed by atoms with Crippen LogP contribution in [0.5, 0.6) is 0 Å². The third-order valence-corrected chi connectivity index (χ3v) is 6.79. The number of hydrogen-bond donors (Lipinski definition) is 1. The fraction of sp³-hybridized carbons (Fsp3) is 0.435. The summed E-state index contributed by atoms with van der Waals surface area (Å²) in [5.74, 6) is 1.53. The number of benzene rings is 1. The van der Waals surface area contributed by atoms with Crippen molar-refractivity contribution in [3.63, 3.8) is 0 Å². The molecular weight excluding hydrogens is 356 g/mol. The molecule has 2 fully saturated rings. The third-order valence-electron chi connectivity index (χ3n) is 6.54. The summed E-state index contributed by atoms with van der Waals surface area (Å²) in [5.41, 5.74) is 4.93. The van der Waals surface area contributed by atoms with Gasteiger partial charge in [-0.05, 0) is 85.6 Å². The minimum absolute atomic E-state index is 0.326. The molecule has 0 amide bonds. The van der Waals surface area contributed by atoms with Gasteiger partial charge in [0.1, 0.15) is 0 Å².